The molecule has 6 nitrogen and oxygen atoms in total. The molecule has 0 spiro atoms. The van der Waals surface area contributed by atoms with Crippen LogP contribution in [0.2, 0.25) is 5.02 Å². The van der Waals surface area contributed by atoms with Gasteiger partial charge in [-0.1, -0.05) is 48.0 Å². The van der Waals surface area contributed by atoms with Crippen LogP contribution in [0.25, 0.3) is 0 Å². The molecule has 3 aromatic rings. The van der Waals surface area contributed by atoms with E-state index in [1.54, 1.807) is 0 Å². The van der Waals surface area contributed by atoms with Crippen LogP contribution in [0.4, 0.5) is 4.39 Å². The molecule has 0 saturated carbocycles. The van der Waals surface area contributed by atoms with Crippen LogP contribution >= 0.6 is 11.6 Å². The molecule has 1 aromatic heterocycles. The topological polar surface area (TPSA) is 87.7 Å². The van der Waals surface area contributed by atoms with Crippen LogP contribution in [0.1, 0.15) is 23.0 Å². The molecule has 0 unspecified atom stereocenters. The molecule has 0 aliphatic rings. The second kappa shape index (κ2) is 7.94. The Balaban J connectivity index is 1.81. The molecule has 136 valence electrons. The first-order valence-corrected chi connectivity index (χ1v) is 9.79. The third-order valence-corrected chi connectivity index (χ3v) is 5.37. The van der Waals surface area contributed by atoms with Crippen molar-refractivity contribution in [2.75, 3.05) is 0 Å². The van der Waals surface area contributed by atoms with E-state index < -0.39 is 21.9 Å². The first-order chi connectivity index (χ1) is 12.4. The highest BCUT2D eigenvalue weighted by molar-refractivity contribution is 7.88. The lowest BCUT2D eigenvalue weighted by Crippen LogP contribution is -2.31. The maximum Gasteiger partial charge on any atom is 0.216 e. The van der Waals surface area contributed by atoms with Crippen LogP contribution in [0.15, 0.2) is 54.9 Å². The molecule has 0 aliphatic carbocycles. The number of sulfonamides is 1. The third kappa shape index (κ3) is 4.87. The van der Waals surface area contributed by atoms with Crippen molar-refractivity contribution in [1.29, 1.82) is 0 Å². The van der Waals surface area contributed by atoms with Gasteiger partial charge in [-0.05, 0) is 23.3 Å². The second-order valence-electron chi connectivity index (χ2n) is 5.72. The van der Waals surface area contributed by atoms with Crippen molar-refractivity contribution in [3.8, 4) is 0 Å². The van der Waals surface area contributed by atoms with E-state index in [0.717, 1.165) is 11.6 Å². The van der Waals surface area contributed by atoms with Gasteiger partial charge >= 0.3 is 0 Å². The van der Waals surface area contributed by atoms with Crippen LogP contribution in [0, 0.1) is 5.82 Å². The quantitative estimate of drug-likeness (QED) is 0.644. The Hall–Kier alpha value is -2.29. The van der Waals surface area contributed by atoms with E-state index >= 15 is 0 Å². The summed E-state index contributed by atoms with van der Waals surface area (Å²) < 4.78 is 41.2. The van der Waals surface area contributed by atoms with E-state index in [4.69, 9.17) is 11.6 Å². The molecule has 2 aromatic carbocycles. The number of H-pyrrole nitrogens is 1. The number of rotatable bonds is 7. The molecule has 0 fully saturated rings. The Morgan fingerprint density at radius 1 is 1.19 bits per heavy atom. The number of hydrogen-bond donors (Lipinski definition) is 2. The predicted molar refractivity (Wildman–Crippen MR) is 96.4 cm³/mol. The van der Waals surface area contributed by atoms with E-state index in [1.807, 2.05) is 30.3 Å². The first kappa shape index (κ1) is 18.5. The number of halogens is 2. The lowest BCUT2D eigenvalue weighted by Gasteiger charge is -2.18. The molecule has 0 radical (unpaired) electrons. The standard InChI is InChI=1S/C17H16ClFN4O2S/c18-14-8-12(6-7-15(14)19)10-26(24,25)23-16(9-17-20-11-21-22-17)13-4-2-1-3-5-13/h1-8,11,16,23H,9-10H2,(H,20,21,22)/t16-/m0/s1. The molecule has 3 rings (SSSR count). The molecule has 0 saturated heterocycles. The van der Waals surface area contributed by atoms with E-state index in [0.29, 0.717) is 17.8 Å². The highest BCUT2D eigenvalue weighted by Gasteiger charge is 2.21. The predicted octanol–water partition coefficient (Wildman–Crippen LogP) is 3.00. The Morgan fingerprint density at radius 3 is 2.62 bits per heavy atom. The first-order valence-electron chi connectivity index (χ1n) is 7.76. The summed E-state index contributed by atoms with van der Waals surface area (Å²) in [6.07, 6.45) is 1.68. The number of hydrogen-bond acceptors (Lipinski definition) is 4. The summed E-state index contributed by atoms with van der Waals surface area (Å²) in [6.45, 7) is 0. The normalized spacial score (nSPS) is 12.8. The highest BCUT2D eigenvalue weighted by atomic mass is 35.5. The maximum atomic E-state index is 13.3. The number of benzene rings is 2. The number of nitrogens with one attached hydrogen (secondary N) is 2. The van der Waals surface area contributed by atoms with Gasteiger partial charge in [0.05, 0.1) is 16.8 Å². The van der Waals surface area contributed by atoms with Gasteiger partial charge in [0.25, 0.3) is 0 Å². The van der Waals surface area contributed by atoms with Crippen molar-refractivity contribution in [3.63, 3.8) is 0 Å². The minimum absolute atomic E-state index is 0.112. The van der Waals surface area contributed by atoms with Gasteiger partial charge in [0.15, 0.2) is 0 Å². The monoisotopic (exact) mass is 394 g/mol. The van der Waals surface area contributed by atoms with Crippen LogP contribution in [-0.2, 0) is 22.2 Å². The zero-order chi connectivity index (χ0) is 18.6. The largest absolute Gasteiger partial charge is 0.263 e. The summed E-state index contributed by atoms with van der Waals surface area (Å²) in [5.41, 5.74) is 1.19. The van der Waals surface area contributed by atoms with Crippen molar-refractivity contribution in [2.45, 2.75) is 18.2 Å². The Morgan fingerprint density at radius 2 is 1.96 bits per heavy atom. The number of aromatic nitrogens is 3. The molecule has 0 amide bonds. The number of nitrogens with zero attached hydrogens (tertiary/aromatic N) is 2. The fourth-order valence-electron chi connectivity index (χ4n) is 2.54. The zero-order valence-electron chi connectivity index (χ0n) is 13.6. The van der Waals surface area contributed by atoms with E-state index in [9.17, 15) is 12.8 Å². The fourth-order valence-corrected chi connectivity index (χ4v) is 4.10. The van der Waals surface area contributed by atoms with Gasteiger partial charge in [-0.3, -0.25) is 5.10 Å². The molecule has 1 heterocycles. The van der Waals surface area contributed by atoms with Gasteiger partial charge in [0.1, 0.15) is 18.0 Å². The molecule has 9 heteroatoms. The molecular weight excluding hydrogens is 379 g/mol. The number of aromatic amines is 1. The highest BCUT2D eigenvalue weighted by Crippen LogP contribution is 2.21. The molecular formula is C17H16ClFN4O2S. The molecule has 0 aliphatic heterocycles. The third-order valence-electron chi connectivity index (χ3n) is 3.73. The lowest BCUT2D eigenvalue weighted by atomic mass is 10.0. The van der Waals surface area contributed by atoms with Gasteiger partial charge < -0.3 is 0 Å². The fraction of sp³-hybridized carbons (Fsp3) is 0.176. The minimum Gasteiger partial charge on any atom is -0.263 e. The van der Waals surface area contributed by atoms with Gasteiger partial charge in [-0.15, -0.1) is 0 Å². The van der Waals surface area contributed by atoms with Crippen molar-refractivity contribution < 1.29 is 12.8 Å². The van der Waals surface area contributed by atoms with E-state index in [2.05, 4.69) is 19.9 Å². The van der Waals surface area contributed by atoms with Gasteiger partial charge in [0.2, 0.25) is 10.0 Å². The Bertz CT molecular complexity index is 966. The average molecular weight is 395 g/mol. The van der Waals surface area contributed by atoms with Crippen LogP contribution in [0.3, 0.4) is 0 Å². The summed E-state index contributed by atoms with van der Waals surface area (Å²) in [5, 5.41) is 6.41. The Labute approximate surface area is 155 Å². The molecule has 2 N–H and O–H groups in total. The van der Waals surface area contributed by atoms with Crippen LogP contribution in [-0.4, -0.2) is 23.6 Å². The van der Waals surface area contributed by atoms with Crippen LogP contribution < -0.4 is 4.72 Å². The second-order valence-corrected chi connectivity index (χ2v) is 7.89. The van der Waals surface area contributed by atoms with E-state index in [-0.39, 0.29) is 10.8 Å². The summed E-state index contributed by atoms with van der Waals surface area (Å²) in [4.78, 5) is 4.06. The molecule has 26 heavy (non-hydrogen) atoms. The molecule has 0 bridgehead atoms. The smallest absolute Gasteiger partial charge is 0.216 e. The van der Waals surface area contributed by atoms with Gasteiger partial charge in [0, 0.05) is 6.42 Å². The summed E-state index contributed by atoms with van der Waals surface area (Å²) >= 11 is 5.73. The maximum absolute atomic E-state index is 13.3. The van der Waals surface area contributed by atoms with Crippen LogP contribution in [0.5, 0.6) is 0 Å². The molecule has 1 atom stereocenters. The van der Waals surface area contributed by atoms with Crippen molar-refractivity contribution in [1.82, 2.24) is 19.9 Å². The summed E-state index contributed by atoms with van der Waals surface area (Å²) in [5.74, 6) is -0.341. The minimum atomic E-state index is -3.71. The van der Waals surface area contributed by atoms with Crippen molar-refractivity contribution >= 4 is 21.6 Å². The lowest BCUT2D eigenvalue weighted by molar-refractivity contribution is 0.549. The average Bonchev–Trinajstić information content (AvgIpc) is 3.11. The summed E-state index contributed by atoms with van der Waals surface area (Å²) in [6, 6.07) is 12.5. The van der Waals surface area contributed by atoms with Gasteiger partial charge in [-0.2, -0.15) is 5.10 Å². The summed E-state index contributed by atoms with van der Waals surface area (Å²) in [7, 11) is -3.71. The zero-order valence-corrected chi connectivity index (χ0v) is 15.1. The SMILES string of the molecule is O=S(=O)(Cc1ccc(F)c(Cl)c1)N[C@@H](Cc1ncn[nH]1)c1ccccc1. The van der Waals surface area contributed by atoms with Crippen molar-refractivity contribution in [2.24, 2.45) is 0 Å². The van der Waals surface area contributed by atoms with Crippen molar-refractivity contribution in [3.05, 3.63) is 82.6 Å². The van der Waals surface area contributed by atoms with E-state index in [1.165, 1.54) is 18.5 Å². The Kier molecular flexibility index (Phi) is 5.65. The van der Waals surface area contributed by atoms with Gasteiger partial charge in [-0.25, -0.2) is 22.5 Å².